The van der Waals surface area contributed by atoms with Gasteiger partial charge in [0, 0.05) is 12.2 Å². The fourth-order valence-corrected chi connectivity index (χ4v) is 4.63. The van der Waals surface area contributed by atoms with E-state index in [1.165, 1.54) is 5.56 Å². The molecule has 0 unspecified atom stereocenters. The van der Waals surface area contributed by atoms with Crippen molar-refractivity contribution in [1.29, 1.82) is 0 Å². The number of sulfone groups is 1. The van der Waals surface area contributed by atoms with Crippen LogP contribution in [-0.2, 0) is 16.4 Å². The fraction of sp³-hybridized carbons (Fsp3) is 0.381. The Morgan fingerprint density at radius 1 is 1.04 bits per heavy atom. The standard InChI is InChI=1S/C21H27N3O2S/c1-17-7-9-18(10-8-17)15-22-21(24-20-5-3-2-4-6-20)23-16-19-11-13-27(25,26)14-12-19/h2-10,19H,11-16H2,1H3,(H2,22,23,24). The highest BCUT2D eigenvalue weighted by molar-refractivity contribution is 7.91. The number of para-hydroxylation sites is 1. The molecule has 0 aliphatic carbocycles. The van der Waals surface area contributed by atoms with Crippen LogP contribution in [0.25, 0.3) is 0 Å². The number of aliphatic imine (C=N–C) groups is 1. The van der Waals surface area contributed by atoms with Crippen LogP contribution in [0.1, 0.15) is 24.0 Å². The average Bonchev–Trinajstić information content (AvgIpc) is 2.67. The minimum Gasteiger partial charge on any atom is -0.356 e. The molecule has 27 heavy (non-hydrogen) atoms. The molecular formula is C21H27N3O2S. The number of nitrogens with zero attached hydrogens (tertiary/aromatic N) is 1. The molecule has 0 aromatic heterocycles. The van der Waals surface area contributed by atoms with Crippen molar-refractivity contribution in [3.8, 4) is 0 Å². The average molecular weight is 386 g/mol. The number of benzene rings is 2. The van der Waals surface area contributed by atoms with Gasteiger partial charge in [0.05, 0.1) is 18.1 Å². The second-order valence-electron chi connectivity index (χ2n) is 7.12. The van der Waals surface area contributed by atoms with Crippen molar-refractivity contribution in [3.05, 3.63) is 65.7 Å². The highest BCUT2D eigenvalue weighted by Gasteiger charge is 2.23. The number of hydrogen-bond donors (Lipinski definition) is 2. The summed E-state index contributed by atoms with van der Waals surface area (Å²) in [6.07, 6.45) is 1.43. The van der Waals surface area contributed by atoms with Gasteiger partial charge in [-0.1, -0.05) is 48.0 Å². The normalized spacial score (nSPS) is 17.4. The molecule has 0 spiro atoms. The third-order valence-corrected chi connectivity index (χ3v) is 6.52. The lowest BCUT2D eigenvalue weighted by atomic mass is 10.0. The summed E-state index contributed by atoms with van der Waals surface area (Å²) in [5, 5.41) is 6.73. The number of hydrogen-bond acceptors (Lipinski definition) is 3. The lowest BCUT2D eigenvalue weighted by molar-refractivity contribution is 0.459. The first kappa shape index (κ1) is 19.4. The van der Waals surface area contributed by atoms with E-state index in [1.54, 1.807) is 0 Å². The Morgan fingerprint density at radius 2 is 1.70 bits per heavy atom. The molecule has 144 valence electrons. The molecule has 2 aromatic carbocycles. The molecule has 0 atom stereocenters. The minimum atomic E-state index is -2.83. The summed E-state index contributed by atoms with van der Waals surface area (Å²) in [5.74, 6) is 1.66. The van der Waals surface area contributed by atoms with E-state index in [1.807, 2.05) is 30.3 Å². The molecule has 2 N–H and O–H groups in total. The van der Waals surface area contributed by atoms with Gasteiger partial charge in [0.2, 0.25) is 0 Å². The predicted molar refractivity (Wildman–Crippen MR) is 112 cm³/mol. The monoisotopic (exact) mass is 385 g/mol. The van der Waals surface area contributed by atoms with Gasteiger partial charge in [-0.15, -0.1) is 0 Å². The maximum Gasteiger partial charge on any atom is 0.196 e. The third kappa shape index (κ3) is 6.40. The van der Waals surface area contributed by atoms with Crippen molar-refractivity contribution in [3.63, 3.8) is 0 Å². The first-order valence-electron chi connectivity index (χ1n) is 9.36. The predicted octanol–water partition coefficient (Wildman–Crippen LogP) is 3.38. The van der Waals surface area contributed by atoms with Gasteiger partial charge >= 0.3 is 0 Å². The van der Waals surface area contributed by atoms with Crippen LogP contribution in [-0.4, -0.2) is 32.4 Å². The lowest BCUT2D eigenvalue weighted by Gasteiger charge is -2.23. The van der Waals surface area contributed by atoms with Crippen molar-refractivity contribution in [2.75, 3.05) is 23.4 Å². The summed E-state index contributed by atoms with van der Waals surface area (Å²) in [7, 11) is -2.83. The van der Waals surface area contributed by atoms with Crippen LogP contribution in [0.5, 0.6) is 0 Å². The lowest BCUT2D eigenvalue weighted by Crippen LogP contribution is -2.37. The Bertz CT molecular complexity index is 848. The molecular weight excluding hydrogens is 358 g/mol. The van der Waals surface area contributed by atoms with Gasteiger partial charge in [-0.2, -0.15) is 0 Å². The Morgan fingerprint density at radius 3 is 2.37 bits per heavy atom. The Kier molecular flexibility index (Phi) is 6.50. The fourth-order valence-electron chi connectivity index (χ4n) is 3.05. The Labute approximate surface area is 161 Å². The van der Waals surface area contributed by atoms with Gasteiger partial charge < -0.3 is 10.6 Å². The van der Waals surface area contributed by atoms with E-state index in [4.69, 9.17) is 4.99 Å². The first-order chi connectivity index (χ1) is 13.0. The van der Waals surface area contributed by atoms with E-state index >= 15 is 0 Å². The van der Waals surface area contributed by atoms with Gasteiger partial charge in [0.1, 0.15) is 9.84 Å². The zero-order valence-corrected chi connectivity index (χ0v) is 16.5. The molecule has 3 rings (SSSR count). The maximum atomic E-state index is 11.6. The molecule has 1 saturated heterocycles. The largest absolute Gasteiger partial charge is 0.356 e. The topological polar surface area (TPSA) is 70.6 Å². The van der Waals surface area contributed by atoms with Crippen LogP contribution in [0, 0.1) is 12.8 Å². The number of nitrogens with one attached hydrogen (secondary N) is 2. The smallest absolute Gasteiger partial charge is 0.196 e. The highest BCUT2D eigenvalue weighted by atomic mass is 32.2. The first-order valence-corrected chi connectivity index (χ1v) is 11.2. The van der Waals surface area contributed by atoms with E-state index < -0.39 is 9.84 Å². The molecule has 0 radical (unpaired) electrons. The van der Waals surface area contributed by atoms with E-state index in [2.05, 4.69) is 41.8 Å². The summed E-state index contributed by atoms with van der Waals surface area (Å²) in [4.78, 5) is 4.71. The van der Waals surface area contributed by atoms with Crippen LogP contribution < -0.4 is 10.6 Å². The summed E-state index contributed by atoms with van der Waals surface area (Å²) < 4.78 is 23.2. The van der Waals surface area contributed by atoms with E-state index in [0.717, 1.165) is 23.8 Å². The molecule has 0 bridgehead atoms. The number of guanidine groups is 1. The quantitative estimate of drug-likeness (QED) is 0.611. The van der Waals surface area contributed by atoms with Crippen molar-refractivity contribution in [2.45, 2.75) is 26.3 Å². The van der Waals surface area contributed by atoms with Gasteiger partial charge in [-0.3, -0.25) is 0 Å². The zero-order chi connectivity index (χ0) is 19.1. The molecule has 1 fully saturated rings. The van der Waals surface area contributed by atoms with Gasteiger partial charge in [-0.05, 0) is 43.4 Å². The van der Waals surface area contributed by atoms with Crippen LogP contribution in [0.2, 0.25) is 0 Å². The second-order valence-corrected chi connectivity index (χ2v) is 9.42. The van der Waals surface area contributed by atoms with Crippen LogP contribution in [0.4, 0.5) is 5.69 Å². The SMILES string of the molecule is Cc1ccc(CN=C(NCC2CCS(=O)(=O)CC2)Nc2ccccc2)cc1. The van der Waals surface area contributed by atoms with E-state index in [-0.39, 0.29) is 0 Å². The van der Waals surface area contributed by atoms with Crippen LogP contribution in [0.3, 0.4) is 0 Å². The molecule has 1 aliphatic heterocycles. The van der Waals surface area contributed by atoms with Gasteiger partial charge in [0.15, 0.2) is 5.96 Å². The molecule has 0 amide bonds. The van der Waals surface area contributed by atoms with E-state index in [9.17, 15) is 8.42 Å². The van der Waals surface area contributed by atoms with E-state index in [0.29, 0.717) is 36.8 Å². The van der Waals surface area contributed by atoms with Crippen LogP contribution >= 0.6 is 0 Å². The molecule has 6 heteroatoms. The molecule has 1 aliphatic rings. The van der Waals surface area contributed by atoms with Crippen LogP contribution in [0.15, 0.2) is 59.6 Å². The minimum absolute atomic E-state index is 0.293. The van der Waals surface area contributed by atoms with Gasteiger partial charge in [-0.25, -0.2) is 13.4 Å². The number of aryl methyl sites for hydroxylation is 1. The highest BCUT2D eigenvalue weighted by Crippen LogP contribution is 2.18. The molecule has 5 nitrogen and oxygen atoms in total. The molecule has 2 aromatic rings. The zero-order valence-electron chi connectivity index (χ0n) is 15.7. The summed E-state index contributed by atoms with van der Waals surface area (Å²) in [5.41, 5.74) is 3.35. The summed E-state index contributed by atoms with van der Waals surface area (Å²) in [6, 6.07) is 18.3. The third-order valence-electron chi connectivity index (χ3n) is 4.81. The van der Waals surface area contributed by atoms with Crippen molar-refractivity contribution in [1.82, 2.24) is 5.32 Å². The second kappa shape index (κ2) is 9.04. The van der Waals surface area contributed by atoms with Crippen molar-refractivity contribution in [2.24, 2.45) is 10.9 Å². The van der Waals surface area contributed by atoms with Gasteiger partial charge in [0.25, 0.3) is 0 Å². The van der Waals surface area contributed by atoms with Crippen molar-refractivity contribution >= 4 is 21.5 Å². The van der Waals surface area contributed by atoms with Crippen molar-refractivity contribution < 1.29 is 8.42 Å². The Hall–Kier alpha value is -2.34. The molecule has 1 heterocycles. The molecule has 0 saturated carbocycles. The number of rotatable bonds is 5. The Balaban J connectivity index is 1.63. The maximum absolute atomic E-state index is 11.6. The number of anilines is 1. The summed E-state index contributed by atoms with van der Waals surface area (Å²) >= 11 is 0. The summed E-state index contributed by atoms with van der Waals surface area (Å²) in [6.45, 7) is 3.38.